The van der Waals surface area contributed by atoms with Gasteiger partial charge in [0.2, 0.25) is 0 Å². The monoisotopic (exact) mass is 119 g/mol. The number of nitrogens with two attached hydrogens (primary N) is 1. The maximum absolute atomic E-state index is 5.50. The molecule has 0 aromatic heterocycles. The average Bonchev–Trinajstić information content (AvgIpc) is 1.90. The van der Waals surface area contributed by atoms with Crippen molar-refractivity contribution in [3.05, 3.63) is 23.4 Å². The van der Waals surface area contributed by atoms with Crippen LogP contribution in [0.15, 0.2) is 23.4 Å². The van der Waals surface area contributed by atoms with Gasteiger partial charge in [-0.25, -0.2) is 0 Å². The lowest BCUT2D eigenvalue weighted by molar-refractivity contribution is 0.919. The van der Waals surface area contributed by atoms with E-state index in [-0.39, 0.29) is 0 Å². The number of hydrogen-bond donors (Lipinski definition) is 1. The van der Waals surface area contributed by atoms with Gasteiger partial charge in [-0.2, -0.15) is 0 Å². The van der Waals surface area contributed by atoms with Crippen molar-refractivity contribution < 1.29 is 0 Å². The molecule has 0 heterocycles. The predicted octanol–water partition coefficient (Wildman–Crippen LogP) is 1.18. The molecule has 0 fully saturated rings. The van der Waals surface area contributed by atoms with E-state index in [1.807, 2.05) is 12.2 Å². The SMILES string of the molecule is C#CC1=CC=C(N)CC1. The maximum atomic E-state index is 5.50. The van der Waals surface area contributed by atoms with E-state index in [0.717, 1.165) is 24.1 Å². The Bertz CT molecular complexity index is 203. The van der Waals surface area contributed by atoms with Crippen LogP contribution in [0.3, 0.4) is 0 Å². The van der Waals surface area contributed by atoms with Crippen LogP contribution in [-0.2, 0) is 0 Å². The Labute approximate surface area is 55.2 Å². The molecule has 0 bridgehead atoms. The van der Waals surface area contributed by atoms with Gasteiger partial charge in [-0.15, -0.1) is 6.42 Å². The van der Waals surface area contributed by atoms with Crippen LogP contribution in [0, 0.1) is 12.3 Å². The van der Waals surface area contributed by atoms with E-state index in [1.54, 1.807) is 0 Å². The van der Waals surface area contributed by atoms with Crippen LogP contribution in [0.4, 0.5) is 0 Å². The van der Waals surface area contributed by atoms with Gasteiger partial charge in [0.05, 0.1) is 0 Å². The molecule has 0 aromatic rings. The lowest BCUT2D eigenvalue weighted by Crippen LogP contribution is -2.00. The molecule has 0 atom stereocenters. The van der Waals surface area contributed by atoms with Crippen molar-refractivity contribution in [1.82, 2.24) is 0 Å². The van der Waals surface area contributed by atoms with E-state index >= 15 is 0 Å². The zero-order valence-electron chi connectivity index (χ0n) is 5.22. The molecule has 9 heavy (non-hydrogen) atoms. The third-order valence-corrected chi connectivity index (χ3v) is 1.37. The molecule has 1 heteroatoms. The quantitative estimate of drug-likeness (QED) is 0.476. The Balaban J connectivity index is 2.73. The van der Waals surface area contributed by atoms with Gasteiger partial charge in [0.25, 0.3) is 0 Å². The van der Waals surface area contributed by atoms with Crippen LogP contribution in [0.2, 0.25) is 0 Å². The summed E-state index contributed by atoms with van der Waals surface area (Å²) >= 11 is 0. The molecule has 46 valence electrons. The number of hydrogen-bond acceptors (Lipinski definition) is 1. The van der Waals surface area contributed by atoms with Gasteiger partial charge < -0.3 is 5.73 Å². The van der Waals surface area contributed by atoms with Crippen LogP contribution in [0.1, 0.15) is 12.8 Å². The van der Waals surface area contributed by atoms with Crippen LogP contribution in [0.25, 0.3) is 0 Å². The minimum absolute atomic E-state index is 0.913. The lowest BCUT2D eigenvalue weighted by atomic mass is 10.0. The van der Waals surface area contributed by atoms with Gasteiger partial charge in [0.1, 0.15) is 0 Å². The number of allylic oxidation sites excluding steroid dienone is 4. The van der Waals surface area contributed by atoms with Gasteiger partial charge >= 0.3 is 0 Å². The first-order valence-corrected chi connectivity index (χ1v) is 2.95. The van der Waals surface area contributed by atoms with Crippen molar-refractivity contribution >= 4 is 0 Å². The molecule has 0 unspecified atom stereocenters. The summed E-state index contributed by atoms with van der Waals surface area (Å²) in [7, 11) is 0. The molecule has 0 spiro atoms. The second-order valence-electron chi connectivity index (χ2n) is 2.08. The first-order valence-electron chi connectivity index (χ1n) is 2.95. The Kier molecular flexibility index (Phi) is 1.60. The van der Waals surface area contributed by atoms with Crippen LogP contribution >= 0.6 is 0 Å². The fourth-order valence-electron chi connectivity index (χ4n) is 0.774. The minimum atomic E-state index is 0.913. The molecule has 0 amide bonds. The predicted molar refractivity (Wildman–Crippen MR) is 38.4 cm³/mol. The third kappa shape index (κ3) is 1.36. The van der Waals surface area contributed by atoms with Crippen molar-refractivity contribution in [2.45, 2.75) is 12.8 Å². The fraction of sp³-hybridized carbons (Fsp3) is 0.250. The number of rotatable bonds is 0. The summed E-state index contributed by atoms with van der Waals surface area (Å²) in [5, 5.41) is 0. The second kappa shape index (κ2) is 2.41. The Hall–Kier alpha value is -1.16. The van der Waals surface area contributed by atoms with Crippen LogP contribution in [0.5, 0.6) is 0 Å². The first-order chi connectivity index (χ1) is 4.33. The highest BCUT2D eigenvalue weighted by Gasteiger charge is 1.98. The lowest BCUT2D eigenvalue weighted by Gasteiger charge is -2.04. The molecular weight excluding hydrogens is 110 g/mol. The topological polar surface area (TPSA) is 26.0 Å². The van der Waals surface area contributed by atoms with Gasteiger partial charge in [0.15, 0.2) is 0 Å². The molecule has 0 saturated carbocycles. The van der Waals surface area contributed by atoms with Gasteiger partial charge in [0, 0.05) is 11.3 Å². The maximum Gasteiger partial charge on any atom is 0.00843 e. The van der Waals surface area contributed by atoms with Crippen molar-refractivity contribution in [3.63, 3.8) is 0 Å². The number of terminal acetylenes is 1. The summed E-state index contributed by atoms with van der Waals surface area (Å²) < 4.78 is 0. The zero-order chi connectivity index (χ0) is 6.69. The third-order valence-electron chi connectivity index (χ3n) is 1.37. The van der Waals surface area contributed by atoms with Gasteiger partial charge in [-0.05, 0) is 25.0 Å². The smallest absolute Gasteiger partial charge is 0.00843 e. The molecule has 1 nitrogen and oxygen atoms in total. The van der Waals surface area contributed by atoms with Gasteiger partial charge in [-0.3, -0.25) is 0 Å². The molecule has 1 aliphatic rings. The van der Waals surface area contributed by atoms with E-state index in [9.17, 15) is 0 Å². The molecule has 0 aromatic carbocycles. The first kappa shape index (κ1) is 5.97. The van der Waals surface area contributed by atoms with Gasteiger partial charge in [-0.1, -0.05) is 5.92 Å². The normalized spacial score (nSPS) is 17.7. The largest absolute Gasteiger partial charge is 0.402 e. The zero-order valence-corrected chi connectivity index (χ0v) is 5.22. The molecule has 0 aliphatic heterocycles. The summed E-state index contributed by atoms with van der Waals surface area (Å²) in [5.41, 5.74) is 7.47. The molecule has 0 saturated heterocycles. The molecule has 0 radical (unpaired) electrons. The standard InChI is InChI=1S/C8H9N/c1-2-7-3-5-8(9)6-4-7/h1,3,5H,4,6,9H2. The van der Waals surface area contributed by atoms with Crippen molar-refractivity contribution in [3.8, 4) is 12.3 Å². The average molecular weight is 119 g/mol. The van der Waals surface area contributed by atoms with E-state index in [0.29, 0.717) is 0 Å². The van der Waals surface area contributed by atoms with E-state index in [2.05, 4.69) is 5.92 Å². The summed E-state index contributed by atoms with van der Waals surface area (Å²) in [6.45, 7) is 0. The Morgan fingerprint density at radius 2 is 2.22 bits per heavy atom. The Morgan fingerprint density at radius 3 is 2.67 bits per heavy atom. The highest BCUT2D eigenvalue weighted by molar-refractivity contribution is 5.33. The summed E-state index contributed by atoms with van der Waals surface area (Å²) in [6, 6.07) is 0. The van der Waals surface area contributed by atoms with E-state index < -0.39 is 0 Å². The molecule has 2 N–H and O–H groups in total. The van der Waals surface area contributed by atoms with Crippen LogP contribution in [-0.4, -0.2) is 0 Å². The highest BCUT2D eigenvalue weighted by Crippen LogP contribution is 2.12. The van der Waals surface area contributed by atoms with E-state index in [1.165, 1.54) is 0 Å². The second-order valence-corrected chi connectivity index (χ2v) is 2.08. The molecule has 1 aliphatic carbocycles. The van der Waals surface area contributed by atoms with Crippen molar-refractivity contribution in [2.24, 2.45) is 5.73 Å². The summed E-state index contributed by atoms with van der Waals surface area (Å²) in [4.78, 5) is 0. The highest BCUT2D eigenvalue weighted by atomic mass is 14.6. The summed E-state index contributed by atoms with van der Waals surface area (Å²) in [5.74, 6) is 2.59. The Morgan fingerprint density at radius 1 is 1.44 bits per heavy atom. The minimum Gasteiger partial charge on any atom is -0.402 e. The van der Waals surface area contributed by atoms with Crippen molar-refractivity contribution in [1.29, 1.82) is 0 Å². The fourth-order valence-corrected chi connectivity index (χ4v) is 0.774. The molecular formula is C8H9N. The molecule has 1 rings (SSSR count). The van der Waals surface area contributed by atoms with Crippen molar-refractivity contribution in [2.75, 3.05) is 0 Å². The van der Waals surface area contributed by atoms with E-state index in [4.69, 9.17) is 12.2 Å². The summed E-state index contributed by atoms with van der Waals surface area (Å²) in [6.07, 6.45) is 10.8. The van der Waals surface area contributed by atoms with Crippen LogP contribution < -0.4 is 5.73 Å².